The minimum Gasteiger partial charge on any atom is -0.496 e. The van der Waals surface area contributed by atoms with E-state index in [4.69, 9.17) is 14.1 Å². The van der Waals surface area contributed by atoms with Gasteiger partial charge in [-0.15, -0.1) is 0 Å². The van der Waals surface area contributed by atoms with E-state index in [0.717, 1.165) is 73.0 Å². The maximum atomic E-state index is 11.8. The van der Waals surface area contributed by atoms with Gasteiger partial charge < -0.3 is 9.15 Å². The van der Waals surface area contributed by atoms with Crippen molar-refractivity contribution < 1.29 is 17.6 Å². The predicted molar refractivity (Wildman–Crippen MR) is 117 cm³/mol. The molecule has 0 amide bonds. The van der Waals surface area contributed by atoms with Gasteiger partial charge in [-0.25, -0.2) is 13.4 Å². The number of aryl methyl sites for hydroxylation is 3. The van der Waals surface area contributed by atoms with Gasteiger partial charge in [-0.3, -0.25) is 9.80 Å². The van der Waals surface area contributed by atoms with E-state index in [9.17, 15) is 8.42 Å². The minimum absolute atomic E-state index is 0.193. The molecule has 30 heavy (non-hydrogen) atoms. The van der Waals surface area contributed by atoms with Gasteiger partial charge in [-0.05, 0) is 50.5 Å². The molecule has 4 rings (SSSR count). The third-order valence-electron chi connectivity index (χ3n) is 6.37. The van der Waals surface area contributed by atoms with Gasteiger partial charge >= 0.3 is 0 Å². The molecular weight excluding hydrogens is 402 g/mol. The Labute approximate surface area is 178 Å². The van der Waals surface area contributed by atoms with Gasteiger partial charge in [-0.2, -0.15) is 0 Å². The molecule has 0 aliphatic carbocycles. The van der Waals surface area contributed by atoms with Gasteiger partial charge in [0.15, 0.2) is 9.84 Å². The molecule has 1 aromatic heterocycles. The number of sulfone groups is 1. The van der Waals surface area contributed by atoms with E-state index >= 15 is 0 Å². The molecule has 1 atom stereocenters. The second-order valence-corrected chi connectivity index (χ2v) is 10.8. The number of oxazole rings is 1. The fourth-order valence-corrected chi connectivity index (χ4v) is 6.25. The zero-order valence-corrected chi connectivity index (χ0v) is 19.1. The van der Waals surface area contributed by atoms with Crippen LogP contribution in [0.3, 0.4) is 0 Å². The van der Waals surface area contributed by atoms with Crippen LogP contribution in [-0.2, 0) is 16.4 Å². The van der Waals surface area contributed by atoms with Gasteiger partial charge in [0, 0.05) is 44.3 Å². The third-order valence-corrected chi connectivity index (χ3v) is 8.12. The molecule has 8 heteroatoms. The summed E-state index contributed by atoms with van der Waals surface area (Å²) in [6.07, 6.45) is 0.773. The molecule has 2 aliphatic rings. The van der Waals surface area contributed by atoms with Crippen molar-refractivity contribution in [3.05, 3.63) is 34.7 Å². The Kier molecular flexibility index (Phi) is 5.92. The first-order chi connectivity index (χ1) is 14.3. The van der Waals surface area contributed by atoms with Crippen LogP contribution in [0.1, 0.15) is 29.0 Å². The number of methoxy groups -OCH3 is 1. The molecule has 2 aliphatic heterocycles. The SMILES string of the molecule is COc1cc(C)c(-c2nc(CN3CCN([C@H]4CCS(=O)(=O)C4)CC3)c(C)o2)cc1C. The molecular formula is C22H31N3O4S. The molecule has 0 unspecified atom stereocenters. The first kappa shape index (κ1) is 21.3. The Morgan fingerprint density at radius 1 is 1.13 bits per heavy atom. The molecule has 0 bridgehead atoms. The van der Waals surface area contributed by atoms with Crippen LogP contribution in [-0.4, -0.2) is 74.0 Å². The van der Waals surface area contributed by atoms with Gasteiger partial charge in [0.05, 0.1) is 24.3 Å². The summed E-state index contributed by atoms with van der Waals surface area (Å²) in [6, 6.07) is 4.28. The van der Waals surface area contributed by atoms with Crippen LogP contribution >= 0.6 is 0 Å². The van der Waals surface area contributed by atoms with Crippen LogP contribution in [0.25, 0.3) is 11.5 Å². The van der Waals surface area contributed by atoms with Crippen LogP contribution in [0.4, 0.5) is 0 Å². The number of hydrogen-bond acceptors (Lipinski definition) is 7. The van der Waals surface area contributed by atoms with E-state index in [-0.39, 0.29) is 6.04 Å². The predicted octanol–water partition coefficient (Wildman–Crippen LogP) is 2.58. The van der Waals surface area contributed by atoms with E-state index in [2.05, 4.69) is 15.9 Å². The molecule has 0 N–H and O–H groups in total. The number of benzene rings is 1. The van der Waals surface area contributed by atoms with E-state index in [1.807, 2.05) is 26.8 Å². The zero-order valence-electron chi connectivity index (χ0n) is 18.3. The lowest BCUT2D eigenvalue weighted by atomic mass is 10.0. The minimum atomic E-state index is -2.83. The van der Waals surface area contributed by atoms with E-state index in [0.29, 0.717) is 17.4 Å². The third kappa shape index (κ3) is 4.40. The Morgan fingerprint density at radius 3 is 2.50 bits per heavy atom. The quantitative estimate of drug-likeness (QED) is 0.717. The van der Waals surface area contributed by atoms with Gasteiger partial charge in [0.1, 0.15) is 11.5 Å². The average molecular weight is 434 g/mol. The Hall–Kier alpha value is -1.90. The molecule has 164 valence electrons. The van der Waals surface area contributed by atoms with Gasteiger partial charge in [0.25, 0.3) is 0 Å². The molecule has 2 aromatic rings. The number of hydrogen-bond donors (Lipinski definition) is 0. The van der Waals surface area contributed by atoms with Crippen LogP contribution in [0.15, 0.2) is 16.5 Å². The van der Waals surface area contributed by atoms with Crippen LogP contribution < -0.4 is 4.74 Å². The highest BCUT2D eigenvalue weighted by molar-refractivity contribution is 7.91. The monoisotopic (exact) mass is 433 g/mol. The standard InChI is InChI=1S/C22H31N3O4S/c1-15-12-21(28-4)16(2)11-19(15)22-23-20(17(3)29-22)13-24-6-8-25(9-7-24)18-5-10-30(26,27)14-18/h11-12,18H,5-10,13-14H2,1-4H3/t18-/m0/s1. The maximum Gasteiger partial charge on any atom is 0.226 e. The summed E-state index contributed by atoms with van der Waals surface area (Å²) >= 11 is 0. The molecule has 0 radical (unpaired) electrons. The summed E-state index contributed by atoms with van der Waals surface area (Å²) < 4.78 is 35.0. The first-order valence-corrected chi connectivity index (χ1v) is 12.4. The van der Waals surface area contributed by atoms with Crippen molar-refractivity contribution in [3.8, 4) is 17.2 Å². The summed E-state index contributed by atoms with van der Waals surface area (Å²) in [7, 11) is -1.15. The summed E-state index contributed by atoms with van der Waals surface area (Å²) in [5.41, 5.74) is 4.09. The van der Waals surface area contributed by atoms with Crippen molar-refractivity contribution >= 4 is 9.84 Å². The first-order valence-electron chi connectivity index (χ1n) is 10.5. The largest absolute Gasteiger partial charge is 0.496 e. The van der Waals surface area contributed by atoms with Crippen molar-refractivity contribution in [2.45, 2.75) is 39.8 Å². The molecule has 0 spiro atoms. The fraction of sp³-hybridized carbons (Fsp3) is 0.591. The second-order valence-electron chi connectivity index (χ2n) is 8.53. The normalized spacial score (nSPS) is 22.5. The molecule has 1 aromatic carbocycles. The van der Waals surface area contributed by atoms with Gasteiger partial charge in [-0.1, -0.05) is 0 Å². The Morgan fingerprint density at radius 2 is 1.87 bits per heavy atom. The maximum absolute atomic E-state index is 11.8. The number of rotatable bonds is 5. The van der Waals surface area contributed by atoms with Crippen LogP contribution in [0.5, 0.6) is 5.75 Å². The summed E-state index contributed by atoms with van der Waals surface area (Å²) in [4.78, 5) is 9.52. The lowest BCUT2D eigenvalue weighted by Gasteiger charge is -2.37. The van der Waals surface area contributed by atoms with Crippen molar-refractivity contribution in [3.63, 3.8) is 0 Å². The van der Waals surface area contributed by atoms with Crippen LogP contribution in [0, 0.1) is 20.8 Å². The molecule has 2 fully saturated rings. The van der Waals surface area contributed by atoms with E-state index in [1.165, 1.54) is 0 Å². The summed E-state index contributed by atoms with van der Waals surface area (Å²) in [5, 5.41) is 0. The second kappa shape index (κ2) is 8.32. The smallest absolute Gasteiger partial charge is 0.226 e. The Balaban J connectivity index is 1.41. The molecule has 2 saturated heterocycles. The van der Waals surface area contributed by atoms with Crippen molar-refractivity contribution in [2.75, 3.05) is 44.8 Å². The van der Waals surface area contributed by atoms with Crippen molar-refractivity contribution in [1.82, 2.24) is 14.8 Å². The van der Waals surface area contributed by atoms with E-state index < -0.39 is 9.84 Å². The lowest BCUT2D eigenvalue weighted by Crippen LogP contribution is -2.50. The summed E-state index contributed by atoms with van der Waals surface area (Å²) in [6.45, 7) is 10.4. The molecule has 7 nitrogen and oxygen atoms in total. The van der Waals surface area contributed by atoms with Crippen molar-refractivity contribution in [2.24, 2.45) is 0 Å². The number of piperazine rings is 1. The van der Waals surface area contributed by atoms with Crippen molar-refractivity contribution in [1.29, 1.82) is 0 Å². The highest BCUT2D eigenvalue weighted by atomic mass is 32.2. The average Bonchev–Trinajstić information content (AvgIpc) is 3.26. The number of ether oxygens (including phenoxy) is 1. The highest BCUT2D eigenvalue weighted by Crippen LogP contribution is 2.31. The lowest BCUT2D eigenvalue weighted by molar-refractivity contribution is 0.0990. The van der Waals surface area contributed by atoms with E-state index in [1.54, 1.807) is 7.11 Å². The topological polar surface area (TPSA) is 75.9 Å². The summed E-state index contributed by atoms with van der Waals surface area (Å²) in [5.74, 6) is 3.03. The molecule has 3 heterocycles. The Bertz CT molecular complexity index is 1020. The number of nitrogens with zero attached hydrogens (tertiary/aromatic N) is 3. The van der Waals surface area contributed by atoms with Gasteiger partial charge in [0.2, 0.25) is 5.89 Å². The van der Waals surface area contributed by atoms with Crippen LogP contribution in [0.2, 0.25) is 0 Å². The number of aromatic nitrogens is 1. The molecule has 0 saturated carbocycles. The fourth-order valence-electron chi connectivity index (χ4n) is 4.49. The zero-order chi connectivity index (χ0) is 21.5. The highest BCUT2D eigenvalue weighted by Gasteiger charge is 2.33.